The van der Waals surface area contributed by atoms with Crippen LogP contribution in [0.5, 0.6) is 0 Å². The van der Waals surface area contributed by atoms with Gasteiger partial charge in [-0.1, -0.05) is 53.0 Å². The van der Waals surface area contributed by atoms with Gasteiger partial charge in [-0.05, 0) is 18.6 Å². The average molecular weight is 285 g/mol. The van der Waals surface area contributed by atoms with Gasteiger partial charge in [0.1, 0.15) is 0 Å². The molecule has 0 amide bonds. The highest BCUT2D eigenvalue weighted by Gasteiger charge is 2.17. The third-order valence-electron chi connectivity index (χ3n) is 2.14. The Hall–Kier alpha value is -0.510. The van der Waals surface area contributed by atoms with E-state index in [1.54, 1.807) is 0 Å². The summed E-state index contributed by atoms with van der Waals surface area (Å²) in [5.74, 6) is 0. The molecule has 0 aromatic carbocycles. The molecule has 0 aromatic heterocycles. The normalized spacial score (nSPS) is 31.2. The fraction of sp³-hybridized carbons (Fsp3) is 0.273. The third kappa shape index (κ3) is 2.05. The van der Waals surface area contributed by atoms with Crippen molar-refractivity contribution in [3.05, 3.63) is 47.7 Å². The molecule has 0 bridgehead atoms. The van der Waals surface area contributed by atoms with Crippen LogP contribution in [0.1, 0.15) is 6.92 Å². The molecule has 0 saturated heterocycles. The molecule has 13 heavy (non-hydrogen) atoms. The summed E-state index contributed by atoms with van der Waals surface area (Å²) in [7, 11) is 0. The van der Waals surface area contributed by atoms with E-state index in [9.17, 15) is 0 Å². The van der Waals surface area contributed by atoms with Gasteiger partial charge in [0.05, 0.1) is 3.42 Å². The Balaban J connectivity index is 2.43. The number of hydrogen-bond acceptors (Lipinski definition) is 1. The zero-order valence-electron chi connectivity index (χ0n) is 7.55. The van der Waals surface area contributed by atoms with Crippen molar-refractivity contribution in [3.8, 4) is 0 Å². The molecule has 1 unspecified atom stereocenters. The highest BCUT2D eigenvalue weighted by molar-refractivity contribution is 14.1. The van der Waals surface area contributed by atoms with E-state index in [4.69, 9.17) is 0 Å². The van der Waals surface area contributed by atoms with Crippen LogP contribution in [-0.2, 0) is 0 Å². The van der Waals surface area contributed by atoms with Gasteiger partial charge in [0.25, 0.3) is 0 Å². The standard InChI is InChI=1S/C11H12IN/c1-11(12)6-2-4-9-5-3-7-13-10(9)8-11/h2-6,8,13H,7H2,1H3. The van der Waals surface area contributed by atoms with Crippen LogP contribution in [0.25, 0.3) is 0 Å². The van der Waals surface area contributed by atoms with Crippen LogP contribution in [0.4, 0.5) is 0 Å². The molecule has 1 atom stereocenters. The summed E-state index contributed by atoms with van der Waals surface area (Å²) in [4.78, 5) is 0. The van der Waals surface area contributed by atoms with Gasteiger partial charge in [0.15, 0.2) is 0 Å². The monoisotopic (exact) mass is 285 g/mol. The van der Waals surface area contributed by atoms with Crippen molar-refractivity contribution in [2.45, 2.75) is 10.3 Å². The predicted octanol–water partition coefficient (Wildman–Crippen LogP) is 2.72. The van der Waals surface area contributed by atoms with E-state index < -0.39 is 0 Å². The molecule has 68 valence electrons. The molecule has 0 radical (unpaired) electrons. The summed E-state index contributed by atoms with van der Waals surface area (Å²) in [6.45, 7) is 3.14. The van der Waals surface area contributed by atoms with E-state index in [0.29, 0.717) is 0 Å². The average Bonchev–Trinajstić information content (AvgIpc) is 2.21. The van der Waals surface area contributed by atoms with E-state index in [0.717, 1.165) is 6.54 Å². The van der Waals surface area contributed by atoms with Gasteiger partial charge in [0, 0.05) is 12.2 Å². The van der Waals surface area contributed by atoms with Gasteiger partial charge >= 0.3 is 0 Å². The van der Waals surface area contributed by atoms with Crippen LogP contribution in [0.15, 0.2) is 47.7 Å². The summed E-state index contributed by atoms with van der Waals surface area (Å²) >= 11 is 2.44. The van der Waals surface area contributed by atoms with Crippen molar-refractivity contribution in [1.82, 2.24) is 5.32 Å². The first kappa shape index (κ1) is 9.06. The maximum absolute atomic E-state index is 3.38. The maximum atomic E-state index is 3.38. The zero-order chi connectivity index (χ0) is 9.31. The fourth-order valence-corrected chi connectivity index (χ4v) is 2.02. The molecular weight excluding hydrogens is 273 g/mol. The molecule has 2 heteroatoms. The minimum atomic E-state index is 0.128. The zero-order valence-corrected chi connectivity index (χ0v) is 9.71. The molecule has 1 heterocycles. The van der Waals surface area contributed by atoms with E-state index in [1.165, 1.54) is 11.3 Å². The van der Waals surface area contributed by atoms with Crippen LogP contribution in [-0.4, -0.2) is 9.97 Å². The van der Waals surface area contributed by atoms with Crippen LogP contribution in [0.3, 0.4) is 0 Å². The van der Waals surface area contributed by atoms with E-state index >= 15 is 0 Å². The lowest BCUT2D eigenvalue weighted by molar-refractivity contribution is 0.880. The lowest BCUT2D eigenvalue weighted by Gasteiger charge is -2.18. The first-order chi connectivity index (χ1) is 6.17. The van der Waals surface area contributed by atoms with E-state index in [1.807, 2.05) is 0 Å². The lowest BCUT2D eigenvalue weighted by atomic mass is 10.1. The second kappa shape index (κ2) is 3.33. The molecule has 1 N–H and O–H groups in total. The lowest BCUT2D eigenvalue weighted by Crippen LogP contribution is -2.20. The SMILES string of the molecule is CC1(I)C=CC=C2C=CCNC2=C1. The predicted molar refractivity (Wildman–Crippen MR) is 64.9 cm³/mol. The Morgan fingerprint density at radius 1 is 1.54 bits per heavy atom. The minimum absolute atomic E-state index is 0.128. The molecule has 2 aliphatic rings. The van der Waals surface area contributed by atoms with Gasteiger partial charge in [-0.3, -0.25) is 0 Å². The topological polar surface area (TPSA) is 12.0 Å². The van der Waals surface area contributed by atoms with Crippen LogP contribution < -0.4 is 5.32 Å². The van der Waals surface area contributed by atoms with Crippen LogP contribution in [0.2, 0.25) is 0 Å². The molecule has 0 saturated carbocycles. The highest BCUT2D eigenvalue weighted by atomic mass is 127. The van der Waals surface area contributed by atoms with Crippen molar-refractivity contribution >= 4 is 22.6 Å². The Kier molecular flexibility index (Phi) is 2.32. The summed E-state index contributed by atoms with van der Waals surface area (Å²) in [5, 5.41) is 3.38. The summed E-state index contributed by atoms with van der Waals surface area (Å²) in [6, 6.07) is 0. The first-order valence-corrected chi connectivity index (χ1v) is 5.47. The van der Waals surface area contributed by atoms with Crippen LogP contribution in [0, 0.1) is 0 Å². The van der Waals surface area contributed by atoms with Gasteiger partial charge < -0.3 is 5.32 Å². The fourth-order valence-electron chi connectivity index (χ4n) is 1.50. The number of hydrogen-bond donors (Lipinski definition) is 1. The van der Waals surface area contributed by atoms with Crippen molar-refractivity contribution in [3.63, 3.8) is 0 Å². The molecule has 1 nitrogen and oxygen atoms in total. The summed E-state index contributed by atoms with van der Waals surface area (Å²) in [6.07, 6.45) is 13.1. The minimum Gasteiger partial charge on any atom is -0.381 e. The quantitative estimate of drug-likeness (QED) is 0.533. The molecular formula is C11H12IN. The van der Waals surface area contributed by atoms with Gasteiger partial charge in [0.2, 0.25) is 0 Å². The van der Waals surface area contributed by atoms with Crippen molar-refractivity contribution in [2.75, 3.05) is 6.54 Å². The smallest absolute Gasteiger partial charge is 0.0578 e. The van der Waals surface area contributed by atoms with Gasteiger partial charge in [-0.15, -0.1) is 0 Å². The van der Waals surface area contributed by atoms with Crippen molar-refractivity contribution in [2.24, 2.45) is 0 Å². The number of fused-ring (bicyclic) bond motifs is 1. The Morgan fingerprint density at radius 3 is 3.23 bits per heavy atom. The van der Waals surface area contributed by atoms with E-state index in [2.05, 4.69) is 71.3 Å². The van der Waals surface area contributed by atoms with E-state index in [-0.39, 0.29) is 3.42 Å². The Morgan fingerprint density at radius 2 is 2.38 bits per heavy atom. The van der Waals surface area contributed by atoms with Gasteiger partial charge in [-0.25, -0.2) is 0 Å². The summed E-state index contributed by atoms with van der Waals surface area (Å²) < 4.78 is 0.128. The first-order valence-electron chi connectivity index (χ1n) is 4.39. The van der Waals surface area contributed by atoms with Crippen molar-refractivity contribution < 1.29 is 0 Å². The highest BCUT2D eigenvalue weighted by Crippen LogP contribution is 2.28. The largest absolute Gasteiger partial charge is 0.381 e. The molecule has 1 aliphatic carbocycles. The number of halogens is 1. The maximum Gasteiger partial charge on any atom is 0.0578 e. The second-order valence-corrected chi connectivity index (χ2v) is 5.80. The van der Waals surface area contributed by atoms with Crippen molar-refractivity contribution in [1.29, 1.82) is 0 Å². The molecule has 0 spiro atoms. The molecule has 0 fully saturated rings. The number of rotatable bonds is 0. The third-order valence-corrected chi connectivity index (χ3v) is 2.81. The number of alkyl halides is 1. The van der Waals surface area contributed by atoms with Gasteiger partial charge in [-0.2, -0.15) is 0 Å². The molecule has 0 aromatic rings. The molecule has 2 rings (SSSR count). The second-order valence-electron chi connectivity index (χ2n) is 3.47. The number of allylic oxidation sites excluding steroid dienone is 5. The Labute approximate surface area is 92.4 Å². The number of nitrogens with one attached hydrogen (secondary N) is 1. The Bertz CT molecular complexity index is 332. The molecule has 1 aliphatic heterocycles. The summed E-state index contributed by atoms with van der Waals surface area (Å²) in [5.41, 5.74) is 2.53. The van der Waals surface area contributed by atoms with Crippen LogP contribution >= 0.6 is 22.6 Å².